The lowest BCUT2D eigenvalue weighted by atomic mass is 10.2. The quantitative estimate of drug-likeness (QED) is 0.656. The van der Waals surface area contributed by atoms with E-state index >= 15 is 0 Å². The molecule has 0 saturated heterocycles. The maximum absolute atomic E-state index is 10.5. The van der Waals surface area contributed by atoms with Gasteiger partial charge < -0.3 is 5.32 Å². The van der Waals surface area contributed by atoms with Crippen LogP contribution in [0.5, 0.6) is 0 Å². The Morgan fingerprint density at radius 3 is 2.61 bits per heavy atom. The summed E-state index contributed by atoms with van der Waals surface area (Å²) >= 11 is 5.24. The number of benzene rings is 2. The summed E-state index contributed by atoms with van der Waals surface area (Å²) in [6, 6.07) is 15.9. The number of halogens is 1. The van der Waals surface area contributed by atoms with Gasteiger partial charge in [-0.25, -0.2) is 0 Å². The van der Waals surface area contributed by atoms with Crippen LogP contribution in [-0.4, -0.2) is 6.41 Å². The standard InChI is InChI=1S/C14H12BrNOS/c15-12-6-2-1-5-11(12)9-18-14-8-4-3-7-13(14)16-10-17/h1-8,10H,9H2,(H,16,17). The number of carbonyl (C=O) groups is 1. The Hall–Kier alpha value is -1.26. The first-order chi connectivity index (χ1) is 8.81. The van der Waals surface area contributed by atoms with E-state index in [1.165, 1.54) is 5.56 Å². The molecular weight excluding hydrogens is 310 g/mol. The van der Waals surface area contributed by atoms with Crippen LogP contribution in [0.1, 0.15) is 5.56 Å². The molecule has 1 N–H and O–H groups in total. The number of amides is 1. The Morgan fingerprint density at radius 1 is 1.11 bits per heavy atom. The lowest BCUT2D eigenvalue weighted by Gasteiger charge is -2.08. The second-order valence-electron chi connectivity index (χ2n) is 3.64. The third-order valence-corrected chi connectivity index (χ3v) is 4.34. The zero-order valence-corrected chi connectivity index (χ0v) is 12.0. The van der Waals surface area contributed by atoms with Crippen molar-refractivity contribution in [3.8, 4) is 0 Å². The summed E-state index contributed by atoms with van der Waals surface area (Å²) in [4.78, 5) is 11.6. The van der Waals surface area contributed by atoms with E-state index in [1.54, 1.807) is 11.8 Å². The van der Waals surface area contributed by atoms with Crippen LogP contribution in [0, 0.1) is 0 Å². The SMILES string of the molecule is O=CNc1ccccc1SCc1ccccc1Br. The van der Waals surface area contributed by atoms with Crippen LogP contribution in [0.2, 0.25) is 0 Å². The van der Waals surface area contributed by atoms with Crippen molar-refractivity contribution in [2.45, 2.75) is 10.6 Å². The highest BCUT2D eigenvalue weighted by atomic mass is 79.9. The highest BCUT2D eigenvalue weighted by molar-refractivity contribution is 9.10. The fourth-order valence-electron chi connectivity index (χ4n) is 1.55. The van der Waals surface area contributed by atoms with Gasteiger partial charge in [-0.3, -0.25) is 4.79 Å². The van der Waals surface area contributed by atoms with Crippen molar-refractivity contribution in [3.63, 3.8) is 0 Å². The fourth-order valence-corrected chi connectivity index (χ4v) is 3.18. The summed E-state index contributed by atoms with van der Waals surface area (Å²) in [5.74, 6) is 0.860. The van der Waals surface area contributed by atoms with Crippen LogP contribution < -0.4 is 5.32 Å². The van der Waals surface area contributed by atoms with Gasteiger partial charge in [0.2, 0.25) is 6.41 Å². The number of hydrogen-bond acceptors (Lipinski definition) is 2. The predicted molar refractivity (Wildman–Crippen MR) is 79.8 cm³/mol. The van der Waals surface area contributed by atoms with Gasteiger partial charge in [0.1, 0.15) is 0 Å². The minimum absolute atomic E-state index is 0.706. The topological polar surface area (TPSA) is 29.1 Å². The number of anilines is 1. The molecule has 0 unspecified atom stereocenters. The number of carbonyl (C=O) groups excluding carboxylic acids is 1. The molecule has 0 radical (unpaired) electrons. The Kier molecular flexibility index (Phi) is 4.84. The molecule has 0 atom stereocenters. The first-order valence-electron chi connectivity index (χ1n) is 5.46. The average molecular weight is 322 g/mol. The zero-order chi connectivity index (χ0) is 12.8. The summed E-state index contributed by atoms with van der Waals surface area (Å²) in [7, 11) is 0. The van der Waals surface area contributed by atoms with Crippen molar-refractivity contribution in [1.29, 1.82) is 0 Å². The Balaban J connectivity index is 2.11. The van der Waals surface area contributed by atoms with Gasteiger partial charge in [-0.1, -0.05) is 46.3 Å². The molecular formula is C14H12BrNOS. The molecule has 0 heterocycles. The molecule has 0 aliphatic rings. The Morgan fingerprint density at radius 2 is 1.83 bits per heavy atom. The van der Waals surface area contributed by atoms with Gasteiger partial charge in [-0.05, 0) is 23.8 Å². The molecule has 0 bridgehead atoms. The van der Waals surface area contributed by atoms with Crippen molar-refractivity contribution >= 4 is 39.8 Å². The summed E-state index contributed by atoms with van der Waals surface area (Å²) < 4.78 is 1.11. The molecule has 0 fully saturated rings. The van der Waals surface area contributed by atoms with Crippen molar-refractivity contribution in [3.05, 3.63) is 58.6 Å². The van der Waals surface area contributed by atoms with Gasteiger partial charge in [0.25, 0.3) is 0 Å². The number of rotatable bonds is 5. The molecule has 92 valence electrons. The predicted octanol–water partition coefficient (Wildman–Crippen LogP) is 4.31. The maximum atomic E-state index is 10.5. The number of nitrogens with one attached hydrogen (secondary N) is 1. The van der Waals surface area contributed by atoms with Crippen molar-refractivity contribution < 1.29 is 4.79 Å². The van der Waals surface area contributed by atoms with Gasteiger partial charge in [-0.2, -0.15) is 0 Å². The number of para-hydroxylation sites is 1. The molecule has 1 amide bonds. The van der Waals surface area contributed by atoms with Gasteiger partial charge in [0, 0.05) is 15.1 Å². The van der Waals surface area contributed by atoms with Crippen LogP contribution in [0.15, 0.2) is 57.9 Å². The smallest absolute Gasteiger partial charge is 0.211 e. The molecule has 18 heavy (non-hydrogen) atoms. The van der Waals surface area contributed by atoms with Crippen LogP contribution in [0.4, 0.5) is 5.69 Å². The molecule has 0 aliphatic carbocycles. The molecule has 0 aliphatic heterocycles. The van der Waals surface area contributed by atoms with Crippen LogP contribution in [-0.2, 0) is 10.5 Å². The maximum Gasteiger partial charge on any atom is 0.211 e. The van der Waals surface area contributed by atoms with Gasteiger partial charge in [-0.15, -0.1) is 11.8 Å². The molecule has 0 spiro atoms. The zero-order valence-electron chi connectivity index (χ0n) is 9.60. The van der Waals surface area contributed by atoms with E-state index < -0.39 is 0 Å². The van der Waals surface area contributed by atoms with E-state index in [0.29, 0.717) is 6.41 Å². The molecule has 0 saturated carbocycles. The van der Waals surface area contributed by atoms with Crippen molar-refractivity contribution in [1.82, 2.24) is 0 Å². The van der Waals surface area contributed by atoms with E-state index in [1.807, 2.05) is 42.5 Å². The van der Waals surface area contributed by atoms with Crippen LogP contribution >= 0.6 is 27.7 Å². The van der Waals surface area contributed by atoms with Gasteiger partial charge >= 0.3 is 0 Å². The minimum atomic E-state index is 0.706. The normalized spacial score (nSPS) is 10.1. The van der Waals surface area contributed by atoms with Crippen LogP contribution in [0.3, 0.4) is 0 Å². The third-order valence-electron chi connectivity index (χ3n) is 2.44. The summed E-state index contributed by atoms with van der Waals surface area (Å²) in [5.41, 5.74) is 2.09. The van der Waals surface area contributed by atoms with Gasteiger partial charge in [0.05, 0.1) is 5.69 Å². The summed E-state index contributed by atoms with van der Waals surface area (Å²) in [6.45, 7) is 0. The van der Waals surface area contributed by atoms with Crippen LogP contribution in [0.25, 0.3) is 0 Å². The largest absolute Gasteiger partial charge is 0.328 e. The fraction of sp³-hybridized carbons (Fsp3) is 0.0714. The Labute approximate surface area is 119 Å². The minimum Gasteiger partial charge on any atom is -0.328 e. The van der Waals surface area contributed by atoms with E-state index in [9.17, 15) is 4.79 Å². The van der Waals surface area contributed by atoms with Crippen molar-refractivity contribution in [2.75, 3.05) is 5.32 Å². The monoisotopic (exact) mass is 321 g/mol. The molecule has 2 rings (SSSR count). The second kappa shape index (κ2) is 6.61. The molecule has 2 aromatic rings. The van der Waals surface area contributed by atoms with E-state index in [2.05, 4.69) is 27.3 Å². The molecule has 4 heteroatoms. The third kappa shape index (κ3) is 3.37. The lowest BCUT2D eigenvalue weighted by molar-refractivity contribution is -0.105. The first kappa shape index (κ1) is 13.2. The van der Waals surface area contributed by atoms with Crippen molar-refractivity contribution in [2.24, 2.45) is 0 Å². The summed E-state index contributed by atoms with van der Waals surface area (Å²) in [5, 5.41) is 2.71. The lowest BCUT2D eigenvalue weighted by Crippen LogP contribution is -1.95. The highest BCUT2D eigenvalue weighted by Crippen LogP contribution is 2.31. The molecule has 0 aromatic heterocycles. The second-order valence-corrected chi connectivity index (χ2v) is 5.51. The number of hydrogen-bond donors (Lipinski definition) is 1. The highest BCUT2D eigenvalue weighted by Gasteiger charge is 2.04. The van der Waals surface area contributed by atoms with E-state index in [-0.39, 0.29) is 0 Å². The first-order valence-corrected chi connectivity index (χ1v) is 7.24. The summed E-state index contributed by atoms with van der Waals surface area (Å²) in [6.07, 6.45) is 0.706. The molecule has 2 nitrogen and oxygen atoms in total. The van der Waals surface area contributed by atoms with E-state index in [4.69, 9.17) is 0 Å². The number of thioether (sulfide) groups is 1. The molecule has 2 aromatic carbocycles. The Bertz CT molecular complexity index is 545. The average Bonchev–Trinajstić information content (AvgIpc) is 2.40. The van der Waals surface area contributed by atoms with E-state index in [0.717, 1.165) is 20.8 Å². The van der Waals surface area contributed by atoms with Gasteiger partial charge in [0.15, 0.2) is 0 Å².